The number of anilines is 1. The summed E-state index contributed by atoms with van der Waals surface area (Å²) in [5.74, 6) is 0.733. The number of nitrogens with zero attached hydrogens (tertiary/aromatic N) is 4. The molecule has 0 bridgehead atoms. The lowest BCUT2D eigenvalue weighted by Gasteiger charge is -2.36. The van der Waals surface area contributed by atoms with Crippen LogP contribution in [0.5, 0.6) is 0 Å². The summed E-state index contributed by atoms with van der Waals surface area (Å²) in [7, 11) is 0. The predicted octanol–water partition coefficient (Wildman–Crippen LogP) is 1.79. The molecule has 2 N–H and O–H groups in total. The van der Waals surface area contributed by atoms with Gasteiger partial charge in [-0.3, -0.25) is 0 Å². The van der Waals surface area contributed by atoms with E-state index in [2.05, 4.69) is 28.1 Å². The third-order valence-corrected chi connectivity index (χ3v) is 4.11. The van der Waals surface area contributed by atoms with Crippen LogP contribution in [-0.4, -0.2) is 29.3 Å². The Kier molecular flexibility index (Phi) is 4.91. The van der Waals surface area contributed by atoms with Crippen LogP contribution < -0.4 is 10.6 Å². The van der Waals surface area contributed by atoms with E-state index in [1.54, 1.807) is 0 Å². The minimum atomic E-state index is 0.280. The van der Waals surface area contributed by atoms with Crippen LogP contribution in [0.4, 0.5) is 5.82 Å². The topological polar surface area (TPSA) is 78.8 Å². The third-order valence-electron chi connectivity index (χ3n) is 4.11. The molecule has 1 saturated heterocycles. The van der Waals surface area contributed by atoms with Gasteiger partial charge in [0.1, 0.15) is 11.6 Å². The molecule has 1 aromatic rings. The smallest absolute Gasteiger partial charge is 0.169 e. The molecule has 2 rings (SSSR count). The monoisotopic (exact) mass is 273 g/mol. The van der Waals surface area contributed by atoms with Gasteiger partial charge < -0.3 is 10.6 Å². The van der Waals surface area contributed by atoms with Crippen molar-refractivity contribution in [2.24, 2.45) is 5.73 Å². The third kappa shape index (κ3) is 2.61. The van der Waals surface area contributed by atoms with E-state index in [1.165, 1.54) is 6.42 Å². The van der Waals surface area contributed by atoms with E-state index in [4.69, 9.17) is 5.73 Å². The maximum atomic E-state index is 9.56. The van der Waals surface area contributed by atoms with Crippen molar-refractivity contribution >= 4 is 5.82 Å². The zero-order valence-electron chi connectivity index (χ0n) is 12.4. The second-order valence-corrected chi connectivity index (χ2v) is 5.22. The maximum Gasteiger partial charge on any atom is 0.169 e. The highest BCUT2D eigenvalue weighted by molar-refractivity contribution is 5.59. The summed E-state index contributed by atoms with van der Waals surface area (Å²) in [6, 6.07) is 2.63. The normalized spacial score (nSPS) is 18.9. The molecule has 1 aliphatic heterocycles. The Morgan fingerprint density at radius 2 is 2.10 bits per heavy atom. The van der Waals surface area contributed by atoms with Crippen LogP contribution in [0.25, 0.3) is 0 Å². The quantitative estimate of drug-likeness (QED) is 0.904. The molecule has 1 atom stereocenters. The van der Waals surface area contributed by atoms with Gasteiger partial charge in [0.15, 0.2) is 5.82 Å². The summed E-state index contributed by atoms with van der Waals surface area (Å²) in [5, 5.41) is 18.2. The van der Waals surface area contributed by atoms with Crippen LogP contribution in [0.3, 0.4) is 0 Å². The van der Waals surface area contributed by atoms with Crippen LogP contribution in [0.2, 0.25) is 0 Å². The van der Waals surface area contributed by atoms with Crippen molar-refractivity contribution in [1.82, 2.24) is 10.2 Å². The number of aryl methyl sites for hydroxylation is 1. The molecule has 5 nitrogen and oxygen atoms in total. The van der Waals surface area contributed by atoms with Crippen molar-refractivity contribution in [3.63, 3.8) is 0 Å². The molecule has 0 aromatic carbocycles. The molecule has 108 valence electrons. The lowest BCUT2D eigenvalue weighted by Crippen LogP contribution is -2.45. The van der Waals surface area contributed by atoms with Gasteiger partial charge in [-0.15, -0.1) is 5.10 Å². The number of piperidine rings is 1. The van der Waals surface area contributed by atoms with Crippen molar-refractivity contribution < 1.29 is 0 Å². The Morgan fingerprint density at radius 1 is 1.30 bits per heavy atom. The van der Waals surface area contributed by atoms with Gasteiger partial charge in [-0.2, -0.15) is 10.4 Å². The fourth-order valence-corrected chi connectivity index (χ4v) is 3.01. The molecule has 1 unspecified atom stereocenters. The number of aromatic nitrogens is 2. The highest BCUT2D eigenvalue weighted by Crippen LogP contribution is 2.28. The van der Waals surface area contributed by atoms with Crippen LogP contribution in [0.15, 0.2) is 0 Å². The van der Waals surface area contributed by atoms with Gasteiger partial charge in [0.05, 0.1) is 5.69 Å². The molecular weight excluding hydrogens is 250 g/mol. The van der Waals surface area contributed by atoms with Crippen molar-refractivity contribution in [3.8, 4) is 6.07 Å². The highest BCUT2D eigenvalue weighted by Gasteiger charge is 2.26. The summed E-state index contributed by atoms with van der Waals surface area (Å²) >= 11 is 0. The first-order valence-corrected chi connectivity index (χ1v) is 7.51. The largest absolute Gasteiger partial charge is 0.350 e. The first kappa shape index (κ1) is 14.7. The first-order chi connectivity index (χ1) is 9.76. The minimum absolute atomic E-state index is 0.280. The lowest BCUT2D eigenvalue weighted by atomic mass is 9.99. The Labute approximate surface area is 120 Å². The molecule has 0 saturated carbocycles. The summed E-state index contributed by atoms with van der Waals surface area (Å²) in [5.41, 5.74) is 8.55. The van der Waals surface area contributed by atoms with Gasteiger partial charge >= 0.3 is 0 Å². The fourth-order valence-electron chi connectivity index (χ4n) is 3.01. The van der Waals surface area contributed by atoms with E-state index in [9.17, 15) is 5.26 Å². The van der Waals surface area contributed by atoms with Crippen molar-refractivity contribution in [2.75, 3.05) is 18.0 Å². The number of rotatable bonds is 4. The molecule has 5 heteroatoms. The Balaban J connectivity index is 2.48. The molecular formula is C15H23N5. The van der Waals surface area contributed by atoms with Crippen molar-refractivity contribution in [3.05, 3.63) is 16.8 Å². The average molecular weight is 273 g/mol. The standard InChI is InChI=1S/C15H23N5/c1-3-12-13(10-17)15(19-18-14(12)4-2)20-8-6-5-7-11(20)9-16/h11H,3-9,16H2,1-2H3. The van der Waals surface area contributed by atoms with Gasteiger partial charge in [-0.1, -0.05) is 13.8 Å². The second kappa shape index (κ2) is 6.67. The van der Waals surface area contributed by atoms with Gasteiger partial charge in [0, 0.05) is 19.1 Å². The number of nitriles is 1. The molecule has 0 radical (unpaired) electrons. The first-order valence-electron chi connectivity index (χ1n) is 7.51. The van der Waals surface area contributed by atoms with Gasteiger partial charge in [0.25, 0.3) is 0 Å². The molecule has 0 aliphatic carbocycles. The molecule has 1 aliphatic rings. The van der Waals surface area contributed by atoms with Crippen LogP contribution in [-0.2, 0) is 12.8 Å². The maximum absolute atomic E-state index is 9.56. The number of hydrogen-bond acceptors (Lipinski definition) is 5. The van der Waals surface area contributed by atoms with Gasteiger partial charge in [-0.05, 0) is 37.7 Å². The molecule has 2 heterocycles. The fraction of sp³-hybridized carbons (Fsp3) is 0.667. The Hall–Kier alpha value is -1.67. The summed E-state index contributed by atoms with van der Waals surface area (Å²) in [6.45, 7) is 5.63. The van der Waals surface area contributed by atoms with E-state index in [0.717, 1.165) is 49.3 Å². The molecule has 0 amide bonds. The zero-order chi connectivity index (χ0) is 14.5. The molecule has 1 aromatic heterocycles. The van der Waals surface area contributed by atoms with Gasteiger partial charge in [-0.25, -0.2) is 0 Å². The van der Waals surface area contributed by atoms with Crippen LogP contribution in [0.1, 0.15) is 49.9 Å². The molecule has 0 spiro atoms. The minimum Gasteiger partial charge on any atom is -0.350 e. The zero-order valence-corrected chi connectivity index (χ0v) is 12.4. The van der Waals surface area contributed by atoms with E-state index in [0.29, 0.717) is 12.1 Å². The van der Waals surface area contributed by atoms with E-state index in [-0.39, 0.29) is 6.04 Å². The summed E-state index contributed by atoms with van der Waals surface area (Å²) in [4.78, 5) is 2.19. The average Bonchev–Trinajstić information content (AvgIpc) is 2.53. The van der Waals surface area contributed by atoms with Crippen molar-refractivity contribution in [2.45, 2.75) is 52.0 Å². The summed E-state index contributed by atoms with van der Waals surface area (Å²) in [6.07, 6.45) is 5.02. The van der Waals surface area contributed by atoms with Crippen LogP contribution in [0, 0.1) is 11.3 Å². The SMILES string of the molecule is CCc1nnc(N2CCCCC2CN)c(C#N)c1CC. The summed E-state index contributed by atoms with van der Waals surface area (Å²) < 4.78 is 0. The van der Waals surface area contributed by atoms with E-state index in [1.807, 2.05) is 6.92 Å². The lowest BCUT2D eigenvalue weighted by molar-refractivity contribution is 0.460. The van der Waals surface area contributed by atoms with Gasteiger partial charge in [0.2, 0.25) is 0 Å². The highest BCUT2D eigenvalue weighted by atomic mass is 15.3. The molecule has 1 fully saturated rings. The Morgan fingerprint density at radius 3 is 2.70 bits per heavy atom. The van der Waals surface area contributed by atoms with E-state index >= 15 is 0 Å². The van der Waals surface area contributed by atoms with Crippen molar-refractivity contribution in [1.29, 1.82) is 5.26 Å². The van der Waals surface area contributed by atoms with E-state index < -0.39 is 0 Å². The van der Waals surface area contributed by atoms with Crippen LogP contribution >= 0.6 is 0 Å². The Bertz CT molecular complexity index is 506. The number of hydrogen-bond donors (Lipinski definition) is 1. The molecule has 20 heavy (non-hydrogen) atoms. The number of nitrogens with two attached hydrogens (primary N) is 1. The predicted molar refractivity (Wildman–Crippen MR) is 79.5 cm³/mol. The second-order valence-electron chi connectivity index (χ2n) is 5.22.